The minimum atomic E-state index is 0.0807. The molecular weight excluding hydrogens is 206 g/mol. The molecule has 0 aromatic rings. The lowest BCUT2D eigenvalue weighted by atomic mass is 10.3. The summed E-state index contributed by atoms with van der Waals surface area (Å²) in [6.07, 6.45) is 1.64. The second kappa shape index (κ2) is 10.9. The van der Waals surface area contributed by atoms with Crippen molar-refractivity contribution in [2.45, 2.75) is 12.8 Å². The first-order chi connectivity index (χ1) is 7.66. The van der Waals surface area contributed by atoms with E-state index in [4.69, 9.17) is 4.74 Å². The predicted octanol–water partition coefficient (Wildman–Crippen LogP) is -0.320. The van der Waals surface area contributed by atoms with Gasteiger partial charge in [0.15, 0.2) is 0 Å². The maximum Gasteiger partial charge on any atom is 0.221 e. The molecule has 0 unspecified atom stereocenters. The molecule has 0 saturated heterocycles. The number of methoxy groups -OCH3 is 1. The molecule has 1 amide bonds. The summed E-state index contributed by atoms with van der Waals surface area (Å²) in [6, 6.07) is 0. The first-order valence-electron chi connectivity index (χ1n) is 5.78. The minimum Gasteiger partial charge on any atom is -0.383 e. The van der Waals surface area contributed by atoms with E-state index in [0.717, 1.165) is 26.1 Å². The highest BCUT2D eigenvalue weighted by Crippen LogP contribution is 1.82. The summed E-state index contributed by atoms with van der Waals surface area (Å²) in [6.45, 7) is 3.95. The van der Waals surface area contributed by atoms with E-state index in [2.05, 4.69) is 29.6 Å². The van der Waals surface area contributed by atoms with Crippen LogP contribution in [0.1, 0.15) is 12.8 Å². The number of carbonyl (C=O) groups excluding carboxylic acids is 1. The van der Waals surface area contributed by atoms with Crippen molar-refractivity contribution in [3.63, 3.8) is 0 Å². The second-order valence-electron chi connectivity index (χ2n) is 4.00. The number of hydrogen-bond acceptors (Lipinski definition) is 4. The second-order valence-corrected chi connectivity index (χ2v) is 4.00. The maximum absolute atomic E-state index is 11.2. The zero-order chi connectivity index (χ0) is 12.2. The summed E-state index contributed by atoms with van der Waals surface area (Å²) in [5, 5.41) is 6.02. The number of nitrogens with zero attached hydrogens (tertiary/aromatic N) is 1. The van der Waals surface area contributed by atoms with Crippen LogP contribution >= 0.6 is 0 Å². The third-order valence-electron chi connectivity index (χ3n) is 2.12. The number of amides is 1. The Morgan fingerprint density at radius 2 is 2.00 bits per heavy atom. The Hall–Kier alpha value is -0.650. The number of ether oxygens (including phenoxy) is 1. The summed E-state index contributed by atoms with van der Waals surface area (Å²) in [7, 11) is 5.74. The lowest BCUT2D eigenvalue weighted by Gasteiger charge is -2.09. The molecule has 16 heavy (non-hydrogen) atoms. The minimum absolute atomic E-state index is 0.0807. The molecule has 0 fully saturated rings. The van der Waals surface area contributed by atoms with Gasteiger partial charge in [0.25, 0.3) is 0 Å². The summed E-state index contributed by atoms with van der Waals surface area (Å²) in [5.74, 6) is 0.0807. The molecule has 0 saturated carbocycles. The fourth-order valence-electron chi connectivity index (χ4n) is 1.23. The summed E-state index contributed by atoms with van der Waals surface area (Å²) in [4.78, 5) is 13.4. The molecule has 5 nitrogen and oxygen atoms in total. The molecule has 0 heterocycles. The van der Waals surface area contributed by atoms with Crippen LogP contribution in [0.15, 0.2) is 0 Å². The van der Waals surface area contributed by atoms with Gasteiger partial charge in [-0.3, -0.25) is 4.79 Å². The van der Waals surface area contributed by atoms with Crippen molar-refractivity contribution in [2.75, 3.05) is 54.0 Å². The van der Waals surface area contributed by atoms with Gasteiger partial charge in [0.05, 0.1) is 6.61 Å². The van der Waals surface area contributed by atoms with Gasteiger partial charge in [-0.05, 0) is 33.6 Å². The highest BCUT2D eigenvalue weighted by atomic mass is 16.5. The smallest absolute Gasteiger partial charge is 0.221 e. The number of rotatable bonds is 10. The summed E-state index contributed by atoms with van der Waals surface area (Å²) in [5.41, 5.74) is 0. The Bertz CT molecular complexity index is 175. The molecule has 0 aliphatic heterocycles. The van der Waals surface area contributed by atoms with Crippen molar-refractivity contribution in [1.82, 2.24) is 15.5 Å². The standard InChI is InChI=1S/C11H25N3O2/c1-14(2)9-4-6-12-7-5-11(15)13-8-10-16-3/h12H,4-10H2,1-3H3,(H,13,15). The molecule has 0 aromatic heterocycles. The average molecular weight is 231 g/mol. The monoisotopic (exact) mass is 231 g/mol. The molecule has 0 atom stereocenters. The topological polar surface area (TPSA) is 53.6 Å². The van der Waals surface area contributed by atoms with E-state index in [1.165, 1.54) is 0 Å². The Morgan fingerprint density at radius 3 is 2.62 bits per heavy atom. The molecule has 0 radical (unpaired) electrons. The third-order valence-corrected chi connectivity index (χ3v) is 2.12. The quantitative estimate of drug-likeness (QED) is 0.506. The van der Waals surface area contributed by atoms with Crippen LogP contribution in [0.5, 0.6) is 0 Å². The van der Waals surface area contributed by atoms with Gasteiger partial charge in [-0.25, -0.2) is 0 Å². The van der Waals surface area contributed by atoms with E-state index in [1.54, 1.807) is 7.11 Å². The lowest BCUT2D eigenvalue weighted by Crippen LogP contribution is -2.30. The van der Waals surface area contributed by atoms with E-state index in [9.17, 15) is 4.79 Å². The van der Waals surface area contributed by atoms with Gasteiger partial charge in [-0.15, -0.1) is 0 Å². The van der Waals surface area contributed by atoms with Crippen LogP contribution in [0.3, 0.4) is 0 Å². The van der Waals surface area contributed by atoms with Crippen LogP contribution in [0, 0.1) is 0 Å². The fourth-order valence-corrected chi connectivity index (χ4v) is 1.23. The predicted molar refractivity (Wildman–Crippen MR) is 65.5 cm³/mol. The van der Waals surface area contributed by atoms with Crippen LogP contribution < -0.4 is 10.6 Å². The van der Waals surface area contributed by atoms with Gasteiger partial charge in [-0.2, -0.15) is 0 Å². The Kier molecular flexibility index (Phi) is 10.4. The van der Waals surface area contributed by atoms with Crippen LogP contribution in [-0.4, -0.2) is 64.8 Å². The van der Waals surface area contributed by atoms with E-state index in [-0.39, 0.29) is 5.91 Å². The van der Waals surface area contributed by atoms with Crippen molar-refractivity contribution in [3.8, 4) is 0 Å². The van der Waals surface area contributed by atoms with E-state index in [0.29, 0.717) is 19.6 Å². The van der Waals surface area contributed by atoms with Crippen molar-refractivity contribution < 1.29 is 9.53 Å². The van der Waals surface area contributed by atoms with E-state index < -0.39 is 0 Å². The van der Waals surface area contributed by atoms with Gasteiger partial charge in [0.2, 0.25) is 5.91 Å². The molecule has 5 heteroatoms. The molecule has 0 bridgehead atoms. The first-order valence-corrected chi connectivity index (χ1v) is 5.78. The van der Waals surface area contributed by atoms with Gasteiger partial charge >= 0.3 is 0 Å². The Labute approximate surface area is 98.5 Å². The largest absolute Gasteiger partial charge is 0.383 e. The van der Waals surface area contributed by atoms with E-state index in [1.807, 2.05) is 0 Å². The maximum atomic E-state index is 11.2. The first kappa shape index (κ1) is 15.3. The fraction of sp³-hybridized carbons (Fsp3) is 0.909. The number of carbonyl (C=O) groups is 1. The van der Waals surface area contributed by atoms with Gasteiger partial charge in [-0.1, -0.05) is 0 Å². The van der Waals surface area contributed by atoms with Gasteiger partial charge < -0.3 is 20.3 Å². The highest BCUT2D eigenvalue weighted by molar-refractivity contribution is 5.75. The van der Waals surface area contributed by atoms with Crippen molar-refractivity contribution >= 4 is 5.91 Å². The molecule has 0 aliphatic rings. The SMILES string of the molecule is COCCNC(=O)CCNCCCN(C)C. The zero-order valence-electron chi connectivity index (χ0n) is 10.7. The van der Waals surface area contributed by atoms with Gasteiger partial charge in [0.1, 0.15) is 0 Å². The Balaban J connectivity index is 3.15. The molecule has 0 spiro atoms. The summed E-state index contributed by atoms with van der Waals surface area (Å²) < 4.78 is 4.84. The molecule has 96 valence electrons. The molecule has 0 aliphatic carbocycles. The molecular formula is C11H25N3O2. The van der Waals surface area contributed by atoms with Crippen LogP contribution in [0.2, 0.25) is 0 Å². The Morgan fingerprint density at radius 1 is 1.25 bits per heavy atom. The van der Waals surface area contributed by atoms with Crippen molar-refractivity contribution in [1.29, 1.82) is 0 Å². The normalized spacial score (nSPS) is 10.8. The van der Waals surface area contributed by atoms with Crippen molar-refractivity contribution in [2.24, 2.45) is 0 Å². The highest BCUT2D eigenvalue weighted by Gasteiger charge is 1.99. The molecule has 0 rings (SSSR count). The number of hydrogen-bond donors (Lipinski definition) is 2. The molecule has 2 N–H and O–H groups in total. The lowest BCUT2D eigenvalue weighted by molar-refractivity contribution is -0.121. The van der Waals surface area contributed by atoms with Gasteiger partial charge in [0, 0.05) is 26.6 Å². The zero-order valence-corrected chi connectivity index (χ0v) is 10.7. The van der Waals surface area contributed by atoms with Crippen molar-refractivity contribution in [3.05, 3.63) is 0 Å². The third kappa shape index (κ3) is 11.4. The molecule has 0 aromatic carbocycles. The van der Waals surface area contributed by atoms with Crippen LogP contribution in [-0.2, 0) is 9.53 Å². The average Bonchev–Trinajstić information content (AvgIpc) is 2.23. The van der Waals surface area contributed by atoms with Crippen LogP contribution in [0.25, 0.3) is 0 Å². The number of nitrogens with one attached hydrogen (secondary N) is 2. The van der Waals surface area contributed by atoms with Crippen LogP contribution in [0.4, 0.5) is 0 Å². The van der Waals surface area contributed by atoms with E-state index >= 15 is 0 Å². The summed E-state index contributed by atoms with van der Waals surface area (Å²) >= 11 is 0.